The van der Waals surface area contributed by atoms with Crippen LogP contribution < -0.4 is 5.32 Å². The lowest BCUT2D eigenvalue weighted by molar-refractivity contribution is -0.122. The maximum atomic E-state index is 12.0. The van der Waals surface area contributed by atoms with Gasteiger partial charge in [-0.05, 0) is 37.2 Å². The fourth-order valence-corrected chi connectivity index (χ4v) is 3.33. The zero-order valence-electron chi connectivity index (χ0n) is 12.0. The molecule has 0 aromatic heterocycles. The van der Waals surface area contributed by atoms with Gasteiger partial charge in [-0.15, -0.1) is 11.6 Å². The molecule has 0 aliphatic heterocycles. The van der Waals surface area contributed by atoms with Crippen LogP contribution in [0.4, 0.5) is 0 Å². The van der Waals surface area contributed by atoms with Crippen LogP contribution in [0.1, 0.15) is 44.1 Å². The fourth-order valence-electron chi connectivity index (χ4n) is 2.96. The van der Waals surface area contributed by atoms with E-state index in [2.05, 4.69) is 17.4 Å². The van der Waals surface area contributed by atoms with Crippen LogP contribution in [0.2, 0.25) is 0 Å². The van der Waals surface area contributed by atoms with E-state index in [0.717, 1.165) is 25.7 Å². The van der Waals surface area contributed by atoms with Crippen molar-refractivity contribution in [1.82, 2.24) is 5.32 Å². The van der Waals surface area contributed by atoms with Crippen LogP contribution in [-0.4, -0.2) is 17.8 Å². The van der Waals surface area contributed by atoms with Gasteiger partial charge in [0, 0.05) is 18.3 Å². The second-order valence-electron chi connectivity index (χ2n) is 5.71. The molecule has 20 heavy (non-hydrogen) atoms. The molecule has 1 aliphatic carbocycles. The van der Waals surface area contributed by atoms with Crippen molar-refractivity contribution in [3.63, 3.8) is 0 Å². The van der Waals surface area contributed by atoms with E-state index in [0.29, 0.717) is 24.3 Å². The second-order valence-corrected chi connectivity index (χ2v) is 6.02. The third kappa shape index (κ3) is 4.82. The number of benzene rings is 1. The van der Waals surface area contributed by atoms with E-state index in [-0.39, 0.29) is 5.91 Å². The van der Waals surface area contributed by atoms with Crippen molar-refractivity contribution in [2.24, 2.45) is 5.92 Å². The van der Waals surface area contributed by atoms with Crippen LogP contribution in [-0.2, 0) is 11.2 Å². The zero-order chi connectivity index (χ0) is 14.2. The molecule has 110 valence electrons. The van der Waals surface area contributed by atoms with Crippen LogP contribution in [0.15, 0.2) is 30.3 Å². The molecule has 1 fully saturated rings. The third-order valence-electron chi connectivity index (χ3n) is 4.17. The Morgan fingerprint density at radius 2 is 1.95 bits per heavy atom. The lowest BCUT2D eigenvalue weighted by Gasteiger charge is -2.30. The Morgan fingerprint density at radius 3 is 2.70 bits per heavy atom. The number of halogens is 1. The van der Waals surface area contributed by atoms with Crippen LogP contribution in [0.5, 0.6) is 0 Å². The molecule has 3 heteroatoms. The zero-order valence-corrected chi connectivity index (χ0v) is 12.7. The minimum absolute atomic E-state index is 0.183. The first kappa shape index (κ1) is 15.4. The van der Waals surface area contributed by atoms with Crippen molar-refractivity contribution in [3.8, 4) is 0 Å². The number of hydrogen-bond donors (Lipinski definition) is 1. The number of carbonyl (C=O) groups is 1. The highest BCUT2D eigenvalue weighted by Gasteiger charge is 2.25. The van der Waals surface area contributed by atoms with Gasteiger partial charge in [0.05, 0.1) is 0 Å². The number of aryl methyl sites for hydroxylation is 1. The summed E-state index contributed by atoms with van der Waals surface area (Å²) in [7, 11) is 0. The van der Waals surface area contributed by atoms with E-state index in [1.807, 2.05) is 18.2 Å². The molecule has 1 amide bonds. The third-order valence-corrected chi connectivity index (χ3v) is 4.56. The molecule has 1 N–H and O–H groups in total. The van der Waals surface area contributed by atoms with Gasteiger partial charge in [-0.25, -0.2) is 0 Å². The van der Waals surface area contributed by atoms with Gasteiger partial charge in [0.1, 0.15) is 0 Å². The maximum absolute atomic E-state index is 12.0. The molecule has 2 nitrogen and oxygen atoms in total. The Balaban J connectivity index is 1.69. The number of rotatable bonds is 6. The topological polar surface area (TPSA) is 29.1 Å². The van der Waals surface area contributed by atoms with Crippen molar-refractivity contribution in [1.29, 1.82) is 0 Å². The molecule has 0 radical (unpaired) electrons. The first-order valence-corrected chi connectivity index (χ1v) is 8.22. The highest BCUT2D eigenvalue weighted by molar-refractivity contribution is 6.18. The summed E-state index contributed by atoms with van der Waals surface area (Å²) in [5, 5.41) is 3.18. The van der Waals surface area contributed by atoms with Gasteiger partial charge in [-0.3, -0.25) is 4.79 Å². The average Bonchev–Trinajstić information content (AvgIpc) is 2.49. The van der Waals surface area contributed by atoms with E-state index in [9.17, 15) is 4.79 Å². The average molecular weight is 294 g/mol. The summed E-state index contributed by atoms with van der Waals surface area (Å²) in [5.41, 5.74) is 1.30. The predicted molar refractivity (Wildman–Crippen MR) is 84.0 cm³/mol. The summed E-state index contributed by atoms with van der Waals surface area (Å²) in [6.07, 6.45) is 7.19. The first-order valence-electron chi connectivity index (χ1n) is 7.69. The molecule has 1 aromatic rings. The van der Waals surface area contributed by atoms with Gasteiger partial charge in [0.2, 0.25) is 5.91 Å². The fraction of sp³-hybridized carbons (Fsp3) is 0.588. The summed E-state index contributed by atoms with van der Waals surface area (Å²) < 4.78 is 0. The number of alkyl halides is 1. The van der Waals surface area contributed by atoms with Crippen molar-refractivity contribution >= 4 is 17.5 Å². The standard InChI is InChI=1S/C17H24ClNO/c18-13-15-10-4-5-11-16(15)19-17(20)12-6-9-14-7-2-1-3-8-14/h1-3,7-8,15-16H,4-6,9-13H2,(H,19,20). The minimum Gasteiger partial charge on any atom is -0.353 e. The van der Waals surface area contributed by atoms with Crippen molar-refractivity contribution in [3.05, 3.63) is 35.9 Å². The van der Waals surface area contributed by atoms with E-state index in [4.69, 9.17) is 11.6 Å². The number of nitrogens with one attached hydrogen (secondary N) is 1. The molecule has 0 heterocycles. The van der Waals surface area contributed by atoms with E-state index < -0.39 is 0 Å². The summed E-state index contributed by atoms with van der Waals surface area (Å²) in [6, 6.07) is 10.6. The highest BCUT2D eigenvalue weighted by atomic mass is 35.5. The Morgan fingerprint density at radius 1 is 1.20 bits per heavy atom. The molecular weight excluding hydrogens is 270 g/mol. The molecule has 0 spiro atoms. The smallest absolute Gasteiger partial charge is 0.220 e. The van der Waals surface area contributed by atoms with Crippen molar-refractivity contribution < 1.29 is 4.79 Å². The van der Waals surface area contributed by atoms with Crippen LogP contribution in [0.25, 0.3) is 0 Å². The predicted octanol–water partition coefficient (Wildman–Crippen LogP) is 3.92. The van der Waals surface area contributed by atoms with Crippen molar-refractivity contribution in [2.45, 2.75) is 51.0 Å². The normalized spacial score (nSPS) is 22.4. The van der Waals surface area contributed by atoms with Gasteiger partial charge in [0.15, 0.2) is 0 Å². The largest absolute Gasteiger partial charge is 0.353 e. The Hall–Kier alpha value is -1.02. The number of hydrogen-bond acceptors (Lipinski definition) is 1. The second kappa shape index (κ2) is 8.31. The van der Waals surface area contributed by atoms with E-state index >= 15 is 0 Å². The molecule has 0 bridgehead atoms. The molecule has 2 atom stereocenters. The van der Waals surface area contributed by atoms with E-state index in [1.54, 1.807) is 0 Å². The highest BCUT2D eigenvalue weighted by Crippen LogP contribution is 2.25. The molecule has 2 unspecified atom stereocenters. The summed E-state index contributed by atoms with van der Waals surface area (Å²) in [5.74, 6) is 1.31. The molecule has 1 aromatic carbocycles. The lowest BCUT2D eigenvalue weighted by atomic mass is 9.85. The van der Waals surface area contributed by atoms with Crippen LogP contribution in [0.3, 0.4) is 0 Å². The van der Waals surface area contributed by atoms with Gasteiger partial charge in [-0.2, -0.15) is 0 Å². The van der Waals surface area contributed by atoms with Crippen LogP contribution >= 0.6 is 11.6 Å². The van der Waals surface area contributed by atoms with Gasteiger partial charge in [-0.1, -0.05) is 43.2 Å². The Bertz CT molecular complexity index is 407. The van der Waals surface area contributed by atoms with Gasteiger partial charge < -0.3 is 5.32 Å². The van der Waals surface area contributed by atoms with Gasteiger partial charge >= 0.3 is 0 Å². The summed E-state index contributed by atoms with van der Waals surface area (Å²) >= 11 is 5.99. The monoisotopic (exact) mass is 293 g/mol. The van der Waals surface area contributed by atoms with Crippen LogP contribution in [0, 0.1) is 5.92 Å². The maximum Gasteiger partial charge on any atom is 0.220 e. The summed E-state index contributed by atoms with van der Waals surface area (Å²) in [6.45, 7) is 0. The molecule has 1 saturated carbocycles. The molecular formula is C17H24ClNO. The Labute approximate surface area is 126 Å². The first-order chi connectivity index (χ1) is 9.79. The molecule has 0 saturated heterocycles. The minimum atomic E-state index is 0.183. The SMILES string of the molecule is O=C(CCCc1ccccc1)NC1CCCCC1CCl. The summed E-state index contributed by atoms with van der Waals surface area (Å²) in [4.78, 5) is 12.0. The quantitative estimate of drug-likeness (QED) is 0.791. The number of carbonyl (C=O) groups excluding carboxylic acids is 1. The Kier molecular flexibility index (Phi) is 6.38. The number of amides is 1. The van der Waals surface area contributed by atoms with Gasteiger partial charge in [0.25, 0.3) is 0 Å². The van der Waals surface area contributed by atoms with Crippen molar-refractivity contribution in [2.75, 3.05) is 5.88 Å². The van der Waals surface area contributed by atoms with E-state index in [1.165, 1.54) is 18.4 Å². The lowest BCUT2D eigenvalue weighted by Crippen LogP contribution is -2.42. The molecule has 2 rings (SSSR count). The molecule has 1 aliphatic rings.